The van der Waals surface area contributed by atoms with Crippen molar-refractivity contribution in [2.75, 3.05) is 0 Å². The van der Waals surface area contributed by atoms with Gasteiger partial charge in [0.2, 0.25) is 0 Å². The summed E-state index contributed by atoms with van der Waals surface area (Å²) in [5.74, 6) is 0.175. The van der Waals surface area contributed by atoms with Crippen LogP contribution in [0.15, 0.2) is 47.4 Å². The molecule has 0 bridgehead atoms. The summed E-state index contributed by atoms with van der Waals surface area (Å²) < 4.78 is 29.2. The molecule has 0 atom stereocenters. The van der Waals surface area contributed by atoms with E-state index in [1.165, 1.54) is 36.4 Å². The molecule has 0 spiro atoms. The van der Waals surface area contributed by atoms with Crippen LogP contribution >= 0.6 is 11.6 Å². The Morgan fingerprint density at radius 3 is 2.60 bits per heavy atom. The van der Waals surface area contributed by atoms with E-state index < -0.39 is 10.1 Å². The molecule has 0 aliphatic rings. The topological polar surface area (TPSA) is 67.2 Å². The fraction of sp³-hybridized carbons (Fsp3) is 0.0714. The average Bonchev–Trinajstić information content (AvgIpc) is 2.43. The summed E-state index contributed by atoms with van der Waals surface area (Å²) in [7, 11) is -3.97. The van der Waals surface area contributed by atoms with Gasteiger partial charge >= 0.3 is 10.1 Å². The Morgan fingerprint density at radius 1 is 1.20 bits per heavy atom. The quantitative estimate of drug-likeness (QED) is 0.816. The van der Waals surface area contributed by atoms with Gasteiger partial charge in [0.1, 0.15) is 10.6 Å². The molecule has 0 fully saturated rings. The van der Waals surface area contributed by atoms with Gasteiger partial charge in [0, 0.05) is 5.02 Å². The zero-order chi connectivity index (χ0) is 14.8. The molecule has 2 aromatic carbocycles. The minimum Gasteiger partial charge on any atom is -0.379 e. The van der Waals surface area contributed by atoms with Crippen molar-refractivity contribution in [2.24, 2.45) is 0 Å². The lowest BCUT2D eigenvalue weighted by molar-refractivity contribution is 0.486. The molecule has 20 heavy (non-hydrogen) atoms. The third-order valence-corrected chi connectivity index (χ3v) is 4.25. The highest BCUT2D eigenvalue weighted by molar-refractivity contribution is 7.87. The number of benzene rings is 2. The lowest BCUT2D eigenvalue weighted by atomic mass is 10.2. The highest BCUT2D eigenvalue weighted by Crippen LogP contribution is 2.24. The van der Waals surface area contributed by atoms with Crippen molar-refractivity contribution in [3.8, 4) is 11.8 Å². The van der Waals surface area contributed by atoms with E-state index in [1.807, 2.05) is 6.07 Å². The van der Waals surface area contributed by atoms with Crippen molar-refractivity contribution in [3.05, 3.63) is 58.6 Å². The fourth-order valence-electron chi connectivity index (χ4n) is 1.56. The maximum absolute atomic E-state index is 12.1. The van der Waals surface area contributed by atoms with Crippen molar-refractivity contribution >= 4 is 21.7 Å². The van der Waals surface area contributed by atoms with Crippen LogP contribution in [-0.2, 0) is 10.1 Å². The summed E-state index contributed by atoms with van der Waals surface area (Å²) in [6, 6.07) is 12.1. The van der Waals surface area contributed by atoms with Gasteiger partial charge in [-0.25, -0.2) is 0 Å². The smallest absolute Gasteiger partial charge is 0.339 e. The number of halogens is 1. The molecule has 0 radical (unpaired) electrons. The molecule has 0 aromatic heterocycles. The maximum atomic E-state index is 12.1. The Morgan fingerprint density at radius 2 is 1.95 bits per heavy atom. The van der Waals surface area contributed by atoms with E-state index in [0.29, 0.717) is 10.6 Å². The molecule has 6 heteroatoms. The van der Waals surface area contributed by atoms with Crippen LogP contribution in [0.4, 0.5) is 0 Å². The lowest BCUT2D eigenvalue weighted by Gasteiger charge is -2.08. The molecular formula is C14H10ClNO3S. The molecule has 2 aromatic rings. The van der Waals surface area contributed by atoms with Crippen molar-refractivity contribution in [1.82, 2.24) is 0 Å². The van der Waals surface area contributed by atoms with E-state index >= 15 is 0 Å². The summed E-state index contributed by atoms with van der Waals surface area (Å²) in [6.45, 7) is 1.75. The largest absolute Gasteiger partial charge is 0.379 e. The van der Waals surface area contributed by atoms with Gasteiger partial charge in [-0.3, -0.25) is 0 Å². The second-order valence-electron chi connectivity index (χ2n) is 4.09. The second kappa shape index (κ2) is 5.53. The Hall–Kier alpha value is -2.03. The summed E-state index contributed by atoms with van der Waals surface area (Å²) in [5.41, 5.74) is 0.965. The minimum atomic E-state index is -3.97. The molecule has 0 N–H and O–H groups in total. The van der Waals surface area contributed by atoms with Crippen molar-refractivity contribution < 1.29 is 12.6 Å². The number of rotatable bonds is 3. The number of hydrogen-bond donors (Lipinski definition) is 0. The van der Waals surface area contributed by atoms with Gasteiger partial charge in [0.25, 0.3) is 0 Å². The molecule has 2 rings (SSSR count). The second-order valence-corrected chi connectivity index (χ2v) is 6.04. The van der Waals surface area contributed by atoms with E-state index in [0.717, 1.165) is 0 Å². The van der Waals surface area contributed by atoms with E-state index in [9.17, 15) is 8.42 Å². The standard InChI is InChI=1S/C14H10ClNO3S/c1-10-7-12(5-6-14(10)15)19-20(17,18)13-4-2-3-11(8-13)9-16/h2-8H,1H3. The van der Waals surface area contributed by atoms with Crippen LogP contribution in [0.5, 0.6) is 5.75 Å². The van der Waals surface area contributed by atoms with Gasteiger partial charge in [-0.2, -0.15) is 13.7 Å². The Kier molecular flexibility index (Phi) is 3.98. The third kappa shape index (κ3) is 3.10. The Balaban J connectivity index is 2.35. The number of nitriles is 1. The maximum Gasteiger partial charge on any atom is 0.339 e. The highest BCUT2D eigenvalue weighted by atomic mass is 35.5. The van der Waals surface area contributed by atoms with Gasteiger partial charge in [-0.1, -0.05) is 17.7 Å². The number of nitrogens with zero attached hydrogens (tertiary/aromatic N) is 1. The van der Waals surface area contributed by atoms with E-state index in [1.54, 1.807) is 13.0 Å². The first-order valence-electron chi connectivity index (χ1n) is 5.63. The van der Waals surface area contributed by atoms with Crippen LogP contribution in [0.25, 0.3) is 0 Å². The van der Waals surface area contributed by atoms with E-state index in [2.05, 4.69) is 0 Å². The molecule has 102 valence electrons. The van der Waals surface area contributed by atoms with Gasteiger partial charge in [-0.15, -0.1) is 0 Å². The lowest BCUT2D eigenvalue weighted by Crippen LogP contribution is -2.10. The van der Waals surface area contributed by atoms with Crippen molar-refractivity contribution in [2.45, 2.75) is 11.8 Å². The van der Waals surface area contributed by atoms with Gasteiger partial charge in [-0.05, 0) is 48.9 Å². The first-order chi connectivity index (χ1) is 9.42. The summed E-state index contributed by atoms with van der Waals surface area (Å²) >= 11 is 5.87. The predicted molar refractivity (Wildman–Crippen MR) is 75.2 cm³/mol. The number of aryl methyl sites for hydroxylation is 1. The zero-order valence-electron chi connectivity index (χ0n) is 10.5. The Bertz CT molecular complexity index is 794. The van der Waals surface area contributed by atoms with Crippen LogP contribution in [0.2, 0.25) is 5.02 Å². The van der Waals surface area contributed by atoms with Crippen LogP contribution in [0.1, 0.15) is 11.1 Å². The van der Waals surface area contributed by atoms with E-state index in [-0.39, 0.29) is 16.2 Å². The minimum absolute atomic E-state index is 0.0656. The van der Waals surface area contributed by atoms with Crippen molar-refractivity contribution in [3.63, 3.8) is 0 Å². The molecule has 0 aliphatic carbocycles. The average molecular weight is 308 g/mol. The first-order valence-corrected chi connectivity index (χ1v) is 7.42. The normalized spacial score (nSPS) is 10.8. The Labute approximate surface area is 122 Å². The van der Waals surface area contributed by atoms with Crippen LogP contribution < -0.4 is 4.18 Å². The third-order valence-electron chi connectivity index (χ3n) is 2.59. The van der Waals surface area contributed by atoms with Crippen LogP contribution in [-0.4, -0.2) is 8.42 Å². The van der Waals surface area contributed by atoms with Crippen LogP contribution in [0.3, 0.4) is 0 Å². The molecule has 0 unspecified atom stereocenters. The SMILES string of the molecule is Cc1cc(OS(=O)(=O)c2cccc(C#N)c2)ccc1Cl. The zero-order valence-corrected chi connectivity index (χ0v) is 12.1. The monoisotopic (exact) mass is 307 g/mol. The molecule has 0 saturated carbocycles. The molecule has 0 amide bonds. The van der Waals surface area contributed by atoms with Crippen molar-refractivity contribution in [1.29, 1.82) is 5.26 Å². The summed E-state index contributed by atoms with van der Waals surface area (Å²) in [4.78, 5) is -0.0656. The number of hydrogen-bond acceptors (Lipinski definition) is 4. The molecule has 0 heterocycles. The fourth-order valence-corrected chi connectivity index (χ4v) is 2.65. The molecule has 4 nitrogen and oxygen atoms in total. The van der Waals surface area contributed by atoms with Crippen LogP contribution in [0, 0.1) is 18.3 Å². The van der Waals surface area contributed by atoms with Gasteiger partial charge < -0.3 is 4.18 Å². The van der Waals surface area contributed by atoms with Gasteiger partial charge in [0.05, 0.1) is 11.6 Å². The molecule has 0 aliphatic heterocycles. The van der Waals surface area contributed by atoms with Gasteiger partial charge in [0.15, 0.2) is 0 Å². The highest BCUT2D eigenvalue weighted by Gasteiger charge is 2.17. The predicted octanol–water partition coefficient (Wildman–Crippen LogP) is 3.29. The van der Waals surface area contributed by atoms with E-state index in [4.69, 9.17) is 21.0 Å². The summed E-state index contributed by atoms with van der Waals surface area (Å²) in [6.07, 6.45) is 0. The molecule has 0 saturated heterocycles. The first kappa shape index (κ1) is 14.4. The molecular weight excluding hydrogens is 298 g/mol. The summed E-state index contributed by atoms with van der Waals surface area (Å²) in [5, 5.41) is 9.31.